The van der Waals surface area contributed by atoms with Crippen molar-refractivity contribution < 1.29 is 9.18 Å². The van der Waals surface area contributed by atoms with E-state index >= 15 is 0 Å². The normalized spacial score (nSPS) is 17.9. The number of hydrogen-bond acceptors (Lipinski definition) is 1. The molecule has 0 aromatic heterocycles. The molecule has 0 N–H and O–H groups in total. The smallest absolute Gasteiger partial charge is 0.245 e. The van der Waals surface area contributed by atoms with Crippen molar-refractivity contribution in [3.05, 3.63) is 35.1 Å². The zero-order valence-electron chi connectivity index (χ0n) is 11.2. The average molecular weight is 284 g/mol. The van der Waals surface area contributed by atoms with E-state index in [1.807, 2.05) is 4.90 Å². The highest BCUT2D eigenvalue weighted by Gasteiger charge is 2.24. The standard InChI is InChI=1S/C15H19ClFNO/c1-11-10-12(6-7-13(11)17)14(16)15(19)18-8-4-2-3-5-9-18/h6-7,10,14H,2-5,8-9H2,1H3. The SMILES string of the molecule is Cc1cc(C(Cl)C(=O)N2CCCCCC2)ccc1F. The summed E-state index contributed by atoms with van der Waals surface area (Å²) in [5.41, 5.74) is 1.20. The zero-order valence-corrected chi connectivity index (χ0v) is 11.9. The van der Waals surface area contributed by atoms with Gasteiger partial charge in [0.05, 0.1) is 0 Å². The van der Waals surface area contributed by atoms with Gasteiger partial charge in [-0.3, -0.25) is 4.79 Å². The van der Waals surface area contributed by atoms with Crippen LogP contribution >= 0.6 is 11.6 Å². The molecular weight excluding hydrogens is 265 g/mol. The van der Waals surface area contributed by atoms with E-state index in [0.717, 1.165) is 25.9 Å². The van der Waals surface area contributed by atoms with Crippen LogP contribution in [-0.4, -0.2) is 23.9 Å². The fraction of sp³-hybridized carbons (Fsp3) is 0.533. The molecular formula is C15H19ClFNO. The van der Waals surface area contributed by atoms with Crippen molar-refractivity contribution in [1.29, 1.82) is 0 Å². The van der Waals surface area contributed by atoms with E-state index in [1.165, 1.54) is 18.9 Å². The summed E-state index contributed by atoms with van der Waals surface area (Å²) in [4.78, 5) is 14.2. The van der Waals surface area contributed by atoms with Crippen molar-refractivity contribution in [2.75, 3.05) is 13.1 Å². The van der Waals surface area contributed by atoms with Gasteiger partial charge in [0.1, 0.15) is 11.2 Å². The third kappa shape index (κ3) is 3.47. The molecule has 4 heteroatoms. The number of halogens is 2. The van der Waals surface area contributed by atoms with E-state index in [-0.39, 0.29) is 11.7 Å². The highest BCUT2D eigenvalue weighted by Crippen LogP contribution is 2.26. The van der Waals surface area contributed by atoms with Crippen molar-refractivity contribution >= 4 is 17.5 Å². The predicted molar refractivity (Wildman–Crippen MR) is 74.8 cm³/mol. The number of rotatable bonds is 2. The van der Waals surface area contributed by atoms with E-state index in [1.54, 1.807) is 19.1 Å². The molecule has 0 spiro atoms. The molecule has 1 amide bonds. The third-order valence-electron chi connectivity index (χ3n) is 3.61. The largest absolute Gasteiger partial charge is 0.341 e. The number of aryl methyl sites for hydroxylation is 1. The number of benzene rings is 1. The molecule has 1 saturated heterocycles. The Balaban J connectivity index is 2.10. The third-order valence-corrected chi connectivity index (χ3v) is 4.05. The lowest BCUT2D eigenvalue weighted by Crippen LogP contribution is -2.34. The molecule has 1 aromatic carbocycles. The van der Waals surface area contributed by atoms with Crippen molar-refractivity contribution in [1.82, 2.24) is 4.90 Å². The quantitative estimate of drug-likeness (QED) is 0.756. The molecule has 1 atom stereocenters. The minimum Gasteiger partial charge on any atom is -0.341 e. The van der Waals surface area contributed by atoms with E-state index < -0.39 is 5.38 Å². The second kappa shape index (κ2) is 6.38. The summed E-state index contributed by atoms with van der Waals surface area (Å²) in [5.74, 6) is -0.329. The van der Waals surface area contributed by atoms with Crippen LogP contribution in [-0.2, 0) is 4.79 Å². The molecule has 104 valence electrons. The van der Waals surface area contributed by atoms with Crippen molar-refractivity contribution in [3.8, 4) is 0 Å². The fourth-order valence-electron chi connectivity index (χ4n) is 2.42. The summed E-state index contributed by atoms with van der Waals surface area (Å²) in [5, 5.41) is -0.711. The van der Waals surface area contributed by atoms with Gasteiger partial charge in [0, 0.05) is 13.1 Å². The number of carbonyl (C=O) groups excluding carboxylic acids is 1. The summed E-state index contributed by atoms with van der Waals surface area (Å²) >= 11 is 6.25. The number of alkyl halides is 1. The Labute approximate surface area is 118 Å². The van der Waals surface area contributed by atoms with Gasteiger partial charge >= 0.3 is 0 Å². The lowest BCUT2D eigenvalue weighted by Gasteiger charge is -2.23. The Hall–Kier alpha value is -1.09. The molecule has 0 bridgehead atoms. The number of nitrogens with zero attached hydrogens (tertiary/aromatic N) is 1. The Morgan fingerprint density at radius 3 is 2.47 bits per heavy atom. The number of hydrogen-bond donors (Lipinski definition) is 0. The van der Waals surface area contributed by atoms with Crippen LogP contribution < -0.4 is 0 Å². The summed E-state index contributed by atoms with van der Waals surface area (Å²) < 4.78 is 13.2. The summed E-state index contributed by atoms with van der Waals surface area (Å²) in [7, 11) is 0. The van der Waals surface area contributed by atoms with Crippen molar-refractivity contribution in [2.45, 2.75) is 38.0 Å². The van der Waals surface area contributed by atoms with E-state index in [9.17, 15) is 9.18 Å². The molecule has 19 heavy (non-hydrogen) atoms. The maximum absolute atomic E-state index is 13.2. The molecule has 1 fully saturated rings. The first kappa shape index (κ1) is 14.3. The molecule has 1 aliphatic rings. The van der Waals surface area contributed by atoms with Gasteiger partial charge in [-0.05, 0) is 37.0 Å². The van der Waals surface area contributed by atoms with Crippen LogP contribution in [0.3, 0.4) is 0 Å². The van der Waals surface area contributed by atoms with Crippen LogP contribution in [0.5, 0.6) is 0 Å². The topological polar surface area (TPSA) is 20.3 Å². The molecule has 1 aromatic rings. The zero-order chi connectivity index (χ0) is 13.8. The molecule has 1 aliphatic heterocycles. The Morgan fingerprint density at radius 1 is 1.26 bits per heavy atom. The van der Waals surface area contributed by atoms with Crippen molar-refractivity contribution in [3.63, 3.8) is 0 Å². The molecule has 0 saturated carbocycles. The van der Waals surface area contributed by atoms with Crippen molar-refractivity contribution in [2.24, 2.45) is 0 Å². The van der Waals surface area contributed by atoms with Gasteiger partial charge in [0.15, 0.2) is 0 Å². The second-order valence-electron chi connectivity index (χ2n) is 5.11. The molecule has 0 aliphatic carbocycles. The molecule has 0 radical (unpaired) electrons. The Morgan fingerprint density at radius 2 is 1.89 bits per heavy atom. The maximum Gasteiger partial charge on any atom is 0.245 e. The minimum absolute atomic E-state index is 0.0606. The first-order valence-electron chi connectivity index (χ1n) is 6.78. The second-order valence-corrected chi connectivity index (χ2v) is 5.55. The average Bonchev–Trinajstić information content (AvgIpc) is 2.69. The number of likely N-dealkylation sites (tertiary alicyclic amines) is 1. The number of carbonyl (C=O) groups is 1. The van der Waals surface area contributed by atoms with E-state index in [2.05, 4.69) is 0 Å². The molecule has 2 rings (SSSR count). The molecule has 2 nitrogen and oxygen atoms in total. The summed E-state index contributed by atoms with van der Waals surface area (Å²) in [6.07, 6.45) is 4.42. The number of amides is 1. The highest BCUT2D eigenvalue weighted by atomic mass is 35.5. The van der Waals surface area contributed by atoms with Gasteiger partial charge in [-0.15, -0.1) is 11.6 Å². The summed E-state index contributed by atoms with van der Waals surface area (Å²) in [6, 6.07) is 4.62. The minimum atomic E-state index is -0.711. The monoisotopic (exact) mass is 283 g/mol. The molecule has 1 unspecified atom stereocenters. The Kier molecular flexibility index (Phi) is 4.81. The van der Waals surface area contributed by atoms with Crippen LogP contribution in [0.4, 0.5) is 4.39 Å². The van der Waals surface area contributed by atoms with Crippen LogP contribution in [0.1, 0.15) is 42.2 Å². The van der Waals surface area contributed by atoms with Gasteiger partial charge in [0.25, 0.3) is 0 Å². The maximum atomic E-state index is 13.2. The predicted octanol–water partition coefficient (Wildman–Crippen LogP) is 3.82. The van der Waals surface area contributed by atoms with E-state index in [4.69, 9.17) is 11.6 Å². The lowest BCUT2D eigenvalue weighted by molar-refractivity contribution is -0.130. The highest BCUT2D eigenvalue weighted by molar-refractivity contribution is 6.30. The Bertz CT molecular complexity index is 455. The van der Waals surface area contributed by atoms with Crippen LogP contribution in [0.25, 0.3) is 0 Å². The van der Waals surface area contributed by atoms with Crippen LogP contribution in [0, 0.1) is 12.7 Å². The van der Waals surface area contributed by atoms with Gasteiger partial charge in [-0.25, -0.2) is 4.39 Å². The first-order chi connectivity index (χ1) is 9.09. The first-order valence-corrected chi connectivity index (χ1v) is 7.22. The van der Waals surface area contributed by atoms with Crippen LogP contribution in [0.15, 0.2) is 18.2 Å². The lowest BCUT2D eigenvalue weighted by atomic mass is 10.1. The van der Waals surface area contributed by atoms with Crippen LogP contribution in [0.2, 0.25) is 0 Å². The fourth-order valence-corrected chi connectivity index (χ4v) is 2.69. The van der Waals surface area contributed by atoms with Gasteiger partial charge < -0.3 is 4.90 Å². The van der Waals surface area contributed by atoms with Gasteiger partial charge in [0.2, 0.25) is 5.91 Å². The summed E-state index contributed by atoms with van der Waals surface area (Å²) in [6.45, 7) is 3.24. The van der Waals surface area contributed by atoms with E-state index in [0.29, 0.717) is 11.1 Å². The van der Waals surface area contributed by atoms with Gasteiger partial charge in [-0.2, -0.15) is 0 Å². The van der Waals surface area contributed by atoms with Gasteiger partial charge in [-0.1, -0.05) is 25.0 Å². The molecule has 1 heterocycles.